The molecule has 1 amide bonds. The summed E-state index contributed by atoms with van der Waals surface area (Å²) in [5, 5.41) is 22.0. The maximum absolute atomic E-state index is 11.7. The Labute approximate surface area is 150 Å². The predicted octanol–water partition coefficient (Wildman–Crippen LogP) is 0.718. The van der Waals surface area contributed by atoms with Gasteiger partial charge in [0.05, 0.1) is 16.8 Å². The van der Waals surface area contributed by atoms with Crippen molar-refractivity contribution >= 4 is 28.6 Å². The van der Waals surface area contributed by atoms with E-state index in [1.165, 1.54) is 0 Å². The third kappa shape index (κ3) is 4.15. The highest BCUT2D eigenvalue weighted by Crippen LogP contribution is 2.29. The fraction of sp³-hybridized carbons (Fsp3) is 0.333. The number of β-amino-alcohol motifs (C(OH)–C–C–N with tert-alkyl or cyclic N) is 1. The molecule has 0 spiro atoms. The quantitative estimate of drug-likeness (QED) is 0.676. The molecule has 0 bridgehead atoms. The van der Waals surface area contributed by atoms with Crippen LogP contribution >= 0.6 is 0 Å². The summed E-state index contributed by atoms with van der Waals surface area (Å²) in [6, 6.07) is 5.58. The molecule has 0 unspecified atom stereocenters. The number of carbonyl (C=O) groups excluding carboxylic acids is 1. The topological polar surface area (TPSA) is 116 Å². The Hall–Kier alpha value is -3.00. The third-order valence-electron chi connectivity index (χ3n) is 4.34. The molecule has 0 saturated carbocycles. The second kappa shape index (κ2) is 7.49. The summed E-state index contributed by atoms with van der Waals surface area (Å²) in [4.78, 5) is 32.8. The van der Waals surface area contributed by atoms with E-state index in [0.717, 1.165) is 41.8 Å². The van der Waals surface area contributed by atoms with Gasteiger partial charge in [-0.1, -0.05) is 0 Å². The molecule has 0 radical (unpaired) electrons. The number of anilines is 1. The minimum Gasteiger partial charge on any atom is -0.478 e. The number of fused-ring (bicyclic) bond motifs is 1. The largest absolute Gasteiger partial charge is 0.478 e. The standard InChI is InChI=1S/C18H20N4O4/c23-15(4-5-16(24)25)21-11-18(26)7-2-10-22(12-18)14-6-9-19-13-3-1-8-20-17(13)14/h1,3-6,8-9,26H,2,7,10-12H2,(H,21,23)(H,24,25)/b5-4+/t18-/m1/s1. The van der Waals surface area contributed by atoms with Gasteiger partial charge in [-0.3, -0.25) is 14.8 Å². The molecule has 1 saturated heterocycles. The molecule has 1 fully saturated rings. The van der Waals surface area contributed by atoms with Crippen molar-refractivity contribution < 1.29 is 19.8 Å². The molecule has 0 aliphatic carbocycles. The van der Waals surface area contributed by atoms with Crippen LogP contribution in [-0.4, -0.2) is 57.3 Å². The summed E-state index contributed by atoms with van der Waals surface area (Å²) < 4.78 is 0. The molecule has 1 aliphatic rings. The van der Waals surface area contributed by atoms with Crippen LogP contribution in [0.25, 0.3) is 11.0 Å². The highest BCUT2D eigenvalue weighted by atomic mass is 16.4. The number of hydrogen-bond donors (Lipinski definition) is 3. The van der Waals surface area contributed by atoms with Crippen LogP contribution in [0.5, 0.6) is 0 Å². The zero-order valence-electron chi connectivity index (χ0n) is 14.1. The van der Waals surface area contributed by atoms with Gasteiger partial charge in [-0.05, 0) is 31.0 Å². The van der Waals surface area contributed by atoms with Crippen LogP contribution in [-0.2, 0) is 9.59 Å². The Bertz CT molecular complexity index is 849. The SMILES string of the molecule is O=C(O)/C=C/C(=O)NC[C@]1(O)CCCN(c2ccnc3cccnc23)C1. The highest BCUT2D eigenvalue weighted by molar-refractivity contribution is 5.93. The molecule has 3 N–H and O–H groups in total. The van der Waals surface area contributed by atoms with E-state index in [-0.39, 0.29) is 6.54 Å². The zero-order valence-corrected chi connectivity index (χ0v) is 14.1. The molecule has 2 aromatic rings. The molecule has 0 aromatic carbocycles. The van der Waals surface area contributed by atoms with Crippen molar-refractivity contribution in [1.82, 2.24) is 15.3 Å². The number of aromatic nitrogens is 2. The molecule has 136 valence electrons. The first-order valence-electron chi connectivity index (χ1n) is 8.33. The van der Waals surface area contributed by atoms with Gasteiger partial charge < -0.3 is 20.4 Å². The van der Waals surface area contributed by atoms with Crippen molar-refractivity contribution in [2.24, 2.45) is 0 Å². The summed E-state index contributed by atoms with van der Waals surface area (Å²) >= 11 is 0. The zero-order chi connectivity index (χ0) is 18.6. The van der Waals surface area contributed by atoms with Gasteiger partial charge in [0.15, 0.2) is 0 Å². The average molecular weight is 356 g/mol. The molecule has 26 heavy (non-hydrogen) atoms. The van der Waals surface area contributed by atoms with Crippen LogP contribution in [0.4, 0.5) is 5.69 Å². The maximum Gasteiger partial charge on any atom is 0.328 e. The molecule has 8 heteroatoms. The average Bonchev–Trinajstić information content (AvgIpc) is 2.64. The fourth-order valence-electron chi connectivity index (χ4n) is 3.14. The second-order valence-electron chi connectivity index (χ2n) is 6.34. The van der Waals surface area contributed by atoms with Crippen LogP contribution in [0.2, 0.25) is 0 Å². The van der Waals surface area contributed by atoms with E-state index in [1.807, 2.05) is 23.1 Å². The van der Waals surface area contributed by atoms with E-state index in [0.29, 0.717) is 13.0 Å². The first-order chi connectivity index (χ1) is 12.5. The lowest BCUT2D eigenvalue weighted by Gasteiger charge is -2.40. The maximum atomic E-state index is 11.7. The number of carboxylic acids is 1. The van der Waals surface area contributed by atoms with Crippen molar-refractivity contribution in [2.75, 3.05) is 24.5 Å². The van der Waals surface area contributed by atoms with Gasteiger partial charge in [0, 0.05) is 44.2 Å². The molecule has 3 heterocycles. The Balaban J connectivity index is 1.72. The minimum atomic E-state index is -1.19. The van der Waals surface area contributed by atoms with Crippen LogP contribution < -0.4 is 10.2 Å². The number of nitrogens with zero attached hydrogens (tertiary/aromatic N) is 3. The molecule has 8 nitrogen and oxygen atoms in total. The Morgan fingerprint density at radius 3 is 2.92 bits per heavy atom. The number of rotatable bonds is 5. The molecular weight excluding hydrogens is 336 g/mol. The van der Waals surface area contributed by atoms with Crippen LogP contribution in [0.1, 0.15) is 12.8 Å². The van der Waals surface area contributed by atoms with Gasteiger partial charge in [-0.15, -0.1) is 0 Å². The molecule has 1 atom stereocenters. The van der Waals surface area contributed by atoms with Gasteiger partial charge >= 0.3 is 5.97 Å². The van der Waals surface area contributed by atoms with Gasteiger partial charge in [-0.2, -0.15) is 0 Å². The van der Waals surface area contributed by atoms with E-state index in [1.54, 1.807) is 12.4 Å². The number of hydrogen-bond acceptors (Lipinski definition) is 6. The summed E-state index contributed by atoms with van der Waals surface area (Å²) in [7, 11) is 0. The van der Waals surface area contributed by atoms with E-state index >= 15 is 0 Å². The van der Waals surface area contributed by atoms with Gasteiger partial charge in [0.1, 0.15) is 5.52 Å². The normalized spacial score (nSPS) is 20.4. The van der Waals surface area contributed by atoms with Crippen molar-refractivity contribution in [2.45, 2.75) is 18.4 Å². The Morgan fingerprint density at radius 2 is 2.12 bits per heavy atom. The number of piperidine rings is 1. The predicted molar refractivity (Wildman–Crippen MR) is 95.7 cm³/mol. The number of amides is 1. The lowest BCUT2D eigenvalue weighted by atomic mass is 9.92. The number of aliphatic hydroxyl groups is 1. The highest BCUT2D eigenvalue weighted by Gasteiger charge is 2.34. The van der Waals surface area contributed by atoms with Gasteiger partial charge in [0.25, 0.3) is 0 Å². The lowest BCUT2D eigenvalue weighted by molar-refractivity contribution is -0.131. The van der Waals surface area contributed by atoms with E-state index in [2.05, 4.69) is 15.3 Å². The number of pyridine rings is 2. The number of nitrogens with one attached hydrogen (secondary N) is 1. The monoisotopic (exact) mass is 356 g/mol. The van der Waals surface area contributed by atoms with Gasteiger partial charge in [-0.25, -0.2) is 4.79 Å². The smallest absolute Gasteiger partial charge is 0.328 e. The van der Waals surface area contributed by atoms with Crippen molar-refractivity contribution in [3.05, 3.63) is 42.7 Å². The van der Waals surface area contributed by atoms with Crippen LogP contribution in [0, 0.1) is 0 Å². The van der Waals surface area contributed by atoms with Crippen molar-refractivity contribution in [3.63, 3.8) is 0 Å². The first kappa shape index (κ1) is 17.8. The van der Waals surface area contributed by atoms with Crippen molar-refractivity contribution in [3.8, 4) is 0 Å². The van der Waals surface area contributed by atoms with Crippen LogP contribution in [0.3, 0.4) is 0 Å². The molecule has 1 aliphatic heterocycles. The number of carboxylic acid groups (broad SMARTS) is 1. The number of carbonyl (C=O) groups is 2. The van der Waals surface area contributed by atoms with E-state index < -0.39 is 17.5 Å². The second-order valence-corrected chi connectivity index (χ2v) is 6.34. The summed E-state index contributed by atoms with van der Waals surface area (Å²) in [5.41, 5.74) is 1.35. The molecular formula is C18H20N4O4. The van der Waals surface area contributed by atoms with Gasteiger partial charge in [0.2, 0.25) is 5.91 Å². The lowest BCUT2D eigenvalue weighted by Crippen LogP contribution is -2.54. The fourth-order valence-corrected chi connectivity index (χ4v) is 3.14. The van der Waals surface area contributed by atoms with E-state index in [9.17, 15) is 14.7 Å². The molecule has 3 rings (SSSR count). The first-order valence-corrected chi connectivity index (χ1v) is 8.33. The Morgan fingerprint density at radius 1 is 1.27 bits per heavy atom. The summed E-state index contributed by atoms with van der Waals surface area (Å²) in [5.74, 6) is -1.74. The van der Waals surface area contributed by atoms with E-state index in [4.69, 9.17) is 5.11 Å². The number of aliphatic carboxylic acids is 1. The third-order valence-corrected chi connectivity index (χ3v) is 4.34. The minimum absolute atomic E-state index is 0.0444. The van der Waals surface area contributed by atoms with Crippen LogP contribution in [0.15, 0.2) is 42.7 Å². The summed E-state index contributed by atoms with van der Waals surface area (Å²) in [6.45, 7) is 1.15. The summed E-state index contributed by atoms with van der Waals surface area (Å²) in [6.07, 6.45) is 6.43. The molecule has 2 aromatic heterocycles. The Kier molecular flexibility index (Phi) is 5.13. The van der Waals surface area contributed by atoms with Crippen molar-refractivity contribution in [1.29, 1.82) is 0 Å².